The molecule has 3 nitrogen and oxygen atoms in total. The third kappa shape index (κ3) is 4.81. The van der Waals surface area contributed by atoms with Crippen LogP contribution in [-0.2, 0) is 0 Å². The van der Waals surface area contributed by atoms with Crippen molar-refractivity contribution in [3.8, 4) is 0 Å². The average molecular weight is 227 g/mol. The number of likely N-dealkylation sites (N-methyl/N-ethyl adjacent to an activating group) is 2. The first-order valence-electron chi connectivity index (χ1n) is 6.63. The second-order valence-corrected chi connectivity index (χ2v) is 5.86. The van der Waals surface area contributed by atoms with Gasteiger partial charge in [-0.3, -0.25) is 0 Å². The minimum Gasteiger partial charge on any atom is -0.328 e. The Morgan fingerprint density at radius 1 is 1.19 bits per heavy atom. The highest BCUT2D eigenvalue weighted by Crippen LogP contribution is 2.14. The summed E-state index contributed by atoms with van der Waals surface area (Å²) in [6.45, 7) is 8.08. The molecule has 1 aliphatic rings. The van der Waals surface area contributed by atoms with Crippen molar-refractivity contribution in [1.29, 1.82) is 0 Å². The van der Waals surface area contributed by atoms with Crippen molar-refractivity contribution in [2.75, 3.05) is 33.7 Å². The summed E-state index contributed by atoms with van der Waals surface area (Å²) in [4.78, 5) is 4.88. The molecule has 0 aromatic carbocycles. The Kier molecular flexibility index (Phi) is 5.73. The van der Waals surface area contributed by atoms with Crippen LogP contribution < -0.4 is 5.73 Å². The lowest BCUT2D eigenvalue weighted by molar-refractivity contribution is 0.103. The maximum Gasteiger partial charge on any atom is 0.0235 e. The van der Waals surface area contributed by atoms with Gasteiger partial charge in [-0.1, -0.05) is 13.8 Å². The second kappa shape index (κ2) is 6.58. The van der Waals surface area contributed by atoms with Crippen molar-refractivity contribution >= 4 is 0 Å². The van der Waals surface area contributed by atoms with Gasteiger partial charge in [0.05, 0.1) is 0 Å². The highest BCUT2D eigenvalue weighted by atomic mass is 15.3. The number of nitrogens with zero attached hydrogens (tertiary/aromatic N) is 2. The van der Waals surface area contributed by atoms with Crippen LogP contribution in [0.25, 0.3) is 0 Å². The summed E-state index contributed by atoms with van der Waals surface area (Å²) in [5.41, 5.74) is 6.22. The largest absolute Gasteiger partial charge is 0.328 e. The maximum atomic E-state index is 6.22. The molecule has 1 heterocycles. The Labute approximate surface area is 101 Å². The Morgan fingerprint density at radius 2 is 1.88 bits per heavy atom. The molecule has 1 rings (SSSR count). The van der Waals surface area contributed by atoms with Crippen LogP contribution in [0.4, 0.5) is 0 Å². The molecule has 1 saturated heterocycles. The molecular weight excluding hydrogens is 198 g/mol. The standard InChI is InChI=1S/C13H29N3/c1-11(2)5-6-12(14)9-13-10-15(3)7-8-16(13)4/h11-13H,5-10,14H2,1-4H3. The minimum atomic E-state index is 0.376. The van der Waals surface area contributed by atoms with Crippen molar-refractivity contribution in [2.45, 2.75) is 45.2 Å². The van der Waals surface area contributed by atoms with Gasteiger partial charge in [-0.15, -0.1) is 0 Å². The highest BCUT2D eigenvalue weighted by molar-refractivity contribution is 4.82. The molecule has 3 heteroatoms. The molecule has 1 fully saturated rings. The van der Waals surface area contributed by atoms with Crippen molar-refractivity contribution in [3.63, 3.8) is 0 Å². The van der Waals surface area contributed by atoms with Gasteiger partial charge in [-0.2, -0.15) is 0 Å². The van der Waals surface area contributed by atoms with E-state index in [0.717, 1.165) is 12.3 Å². The van der Waals surface area contributed by atoms with E-state index >= 15 is 0 Å². The van der Waals surface area contributed by atoms with E-state index in [9.17, 15) is 0 Å². The summed E-state index contributed by atoms with van der Waals surface area (Å²) in [6, 6.07) is 1.03. The van der Waals surface area contributed by atoms with Gasteiger partial charge in [0.2, 0.25) is 0 Å². The summed E-state index contributed by atoms with van der Waals surface area (Å²) < 4.78 is 0. The quantitative estimate of drug-likeness (QED) is 0.770. The zero-order chi connectivity index (χ0) is 12.1. The number of piperazine rings is 1. The van der Waals surface area contributed by atoms with E-state index in [1.807, 2.05) is 0 Å². The van der Waals surface area contributed by atoms with Gasteiger partial charge < -0.3 is 15.5 Å². The first-order chi connectivity index (χ1) is 7.49. The van der Waals surface area contributed by atoms with Crippen LogP contribution in [0, 0.1) is 5.92 Å². The molecular formula is C13H29N3. The number of hydrogen-bond donors (Lipinski definition) is 1. The van der Waals surface area contributed by atoms with Crippen molar-refractivity contribution in [2.24, 2.45) is 11.7 Å². The van der Waals surface area contributed by atoms with Gasteiger partial charge in [-0.05, 0) is 39.3 Å². The van der Waals surface area contributed by atoms with Gasteiger partial charge in [0.15, 0.2) is 0 Å². The van der Waals surface area contributed by atoms with Crippen LogP contribution >= 0.6 is 0 Å². The predicted octanol–water partition coefficient (Wildman–Crippen LogP) is 1.39. The van der Waals surface area contributed by atoms with Gasteiger partial charge in [0.25, 0.3) is 0 Å². The number of nitrogens with two attached hydrogens (primary N) is 1. The highest BCUT2D eigenvalue weighted by Gasteiger charge is 2.23. The molecule has 16 heavy (non-hydrogen) atoms. The normalized spacial score (nSPS) is 26.2. The zero-order valence-electron chi connectivity index (χ0n) is 11.4. The molecule has 0 saturated carbocycles. The Hall–Kier alpha value is -0.120. The molecule has 0 bridgehead atoms. The second-order valence-electron chi connectivity index (χ2n) is 5.86. The summed E-state index contributed by atoms with van der Waals surface area (Å²) in [5.74, 6) is 0.776. The van der Waals surface area contributed by atoms with Gasteiger partial charge in [0.1, 0.15) is 0 Å². The van der Waals surface area contributed by atoms with E-state index in [2.05, 4.69) is 37.7 Å². The van der Waals surface area contributed by atoms with Crippen LogP contribution in [0.15, 0.2) is 0 Å². The van der Waals surface area contributed by atoms with E-state index in [-0.39, 0.29) is 0 Å². The van der Waals surface area contributed by atoms with E-state index in [1.54, 1.807) is 0 Å². The third-order valence-electron chi connectivity index (χ3n) is 3.67. The van der Waals surface area contributed by atoms with Gasteiger partial charge >= 0.3 is 0 Å². The number of hydrogen-bond acceptors (Lipinski definition) is 3. The summed E-state index contributed by atoms with van der Waals surface area (Å²) >= 11 is 0. The van der Waals surface area contributed by atoms with Crippen LogP contribution in [0.1, 0.15) is 33.1 Å². The molecule has 1 aliphatic heterocycles. The predicted molar refractivity (Wildman–Crippen MR) is 70.6 cm³/mol. The Balaban J connectivity index is 2.28. The lowest BCUT2D eigenvalue weighted by atomic mass is 9.97. The zero-order valence-corrected chi connectivity index (χ0v) is 11.4. The summed E-state index contributed by atoms with van der Waals surface area (Å²) in [7, 11) is 4.44. The fraction of sp³-hybridized carbons (Fsp3) is 1.00. The molecule has 0 spiro atoms. The van der Waals surface area contributed by atoms with E-state index in [4.69, 9.17) is 5.73 Å². The van der Waals surface area contributed by atoms with E-state index < -0.39 is 0 Å². The van der Waals surface area contributed by atoms with Crippen molar-refractivity contribution < 1.29 is 0 Å². The summed E-state index contributed by atoms with van der Waals surface area (Å²) in [5, 5.41) is 0. The number of rotatable bonds is 5. The molecule has 2 atom stereocenters. The molecule has 0 aromatic heterocycles. The fourth-order valence-electron chi connectivity index (χ4n) is 2.37. The SMILES string of the molecule is CC(C)CCC(N)CC1CN(C)CCN1C. The van der Waals surface area contributed by atoms with Crippen LogP contribution in [-0.4, -0.2) is 55.6 Å². The van der Waals surface area contributed by atoms with Crippen LogP contribution in [0.3, 0.4) is 0 Å². The molecule has 0 amide bonds. The van der Waals surface area contributed by atoms with Crippen LogP contribution in [0.5, 0.6) is 0 Å². The molecule has 96 valence electrons. The molecule has 0 radical (unpaired) electrons. The smallest absolute Gasteiger partial charge is 0.0235 e. The third-order valence-corrected chi connectivity index (χ3v) is 3.67. The monoisotopic (exact) mass is 227 g/mol. The topological polar surface area (TPSA) is 32.5 Å². The lowest BCUT2D eigenvalue weighted by Gasteiger charge is -2.38. The van der Waals surface area contributed by atoms with Crippen LogP contribution in [0.2, 0.25) is 0 Å². The van der Waals surface area contributed by atoms with E-state index in [1.165, 1.54) is 32.5 Å². The van der Waals surface area contributed by atoms with Gasteiger partial charge in [0, 0.05) is 31.7 Å². The summed E-state index contributed by atoms with van der Waals surface area (Å²) in [6.07, 6.45) is 3.58. The maximum absolute atomic E-state index is 6.22. The van der Waals surface area contributed by atoms with Crippen molar-refractivity contribution in [3.05, 3.63) is 0 Å². The van der Waals surface area contributed by atoms with E-state index in [0.29, 0.717) is 12.1 Å². The molecule has 2 N–H and O–H groups in total. The first kappa shape index (κ1) is 13.9. The lowest BCUT2D eigenvalue weighted by Crippen LogP contribution is -2.51. The molecule has 0 aromatic rings. The minimum absolute atomic E-state index is 0.376. The first-order valence-corrected chi connectivity index (χ1v) is 6.63. The van der Waals surface area contributed by atoms with Crippen molar-refractivity contribution in [1.82, 2.24) is 9.80 Å². The Bertz CT molecular complexity index is 194. The van der Waals surface area contributed by atoms with Gasteiger partial charge in [-0.25, -0.2) is 0 Å². The fourth-order valence-corrected chi connectivity index (χ4v) is 2.37. The Morgan fingerprint density at radius 3 is 2.50 bits per heavy atom. The molecule has 2 unspecified atom stereocenters. The molecule has 0 aliphatic carbocycles. The average Bonchev–Trinajstić information content (AvgIpc) is 2.20.